The zero-order valence-corrected chi connectivity index (χ0v) is 13.8. The predicted octanol–water partition coefficient (Wildman–Crippen LogP) is 0.866. The Morgan fingerprint density at radius 1 is 1.36 bits per heavy atom. The van der Waals surface area contributed by atoms with E-state index in [2.05, 4.69) is 9.88 Å². The molecule has 122 valence electrons. The van der Waals surface area contributed by atoms with Crippen molar-refractivity contribution in [1.82, 2.24) is 14.8 Å². The maximum Gasteiger partial charge on any atom is 0.260 e. The summed E-state index contributed by atoms with van der Waals surface area (Å²) >= 11 is 0. The van der Waals surface area contributed by atoms with Crippen LogP contribution in [0.5, 0.6) is 0 Å². The van der Waals surface area contributed by atoms with E-state index in [1.165, 1.54) is 0 Å². The van der Waals surface area contributed by atoms with E-state index in [0.29, 0.717) is 13.2 Å². The van der Waals surface area contributed by atoms with Crippen molar-refractivity contribution < 1.29 is 9.53 Å². The monoisotopic (exact) mass is 307 g/mol. The second-order valence-corrected chi connectivity index (χ2v) is 6.42. The zero-order chi connectivity index (χ0) is 16.3. The van der Waals surface area contributed by atoms with Crippen LogP contribution in [0.25, 0.3) is 0 Å². The molecule has 0 bridgehead atoms. The number of nitrogens with one attached hydrogen (secondary N) is 1. The van der Waals surface area contributed by atoms with Crippen LogP contribution in [0.1, 0.15) is 29.9 Å². The molecule has 1 N–H and O–H groups in total. The van der Waals surface area contributed by atoms with Crippen molar-refractivity contribution in [2.24, 2.45) is 0 Å². The Morgan fingerprint density at radius 2 is 2.09 bits per heavy atom. The highest BCUT2D eigenvalue weighted by atomic mass is 16.5. The Labute approximate surface area is 131 Å². The third kappa shape index (κ3) is 3.56. The van der Waals surface area contributed by atoms with Crippen LogP contribution in [0.3, 0.4) is 0 Å². The van der Waals surface area contributed by atoms with Gasteiger partial charge in [-0.3, -0.25) is 14.5 Å². The van der Waals surface area contributed by atoms with Gasteiger partial charge in [0.05, 0.1) is 12.1 Å². The number of methoxy groups -OCH3 is 1. The third-order valence-corrected chi connectivity index (χ3v) is 4.12. The molecular weight excluding hydrogens is 282 g/mol. The van der Waals surface area contributed by atoms with Crippen LogP contribution in [0.15, 0.2) is 16.9 Å². The summed E-state index contributed by atoms with van der Waals surface area (Å²) in [6.07, 6.45) is 0. The molecule has 2 rings (SSSR count). The highest BCUT2D eigenvalue weighted by molar-refractivity contribution is 5.94. The van der Waals surface area contributed by atoms with Gasteiger partial charge in [0.2, 0.25) is 0 Å². The summed E-state index contributed by atoms with van der Waals surface area (Å²) in [5.41, 5.74) is 0.331. The summed E-state index contributed by atoms with van der Waals surface area (Å²) in [6.45, 7) is 9.58. The van der Waals surface area contributed by atoms with Crippen LogP contribution in [-0.2, 0) is 4.74 Å². The maximum atomic E-state index is 12.7. The average molecular weight is 307 g/mol. The Bertz CT molecular complexity index is 595. The van der Waals surface area contributed by atoms with Gasteiger partial charge in [-0.25, -0.2) is 0 Å². The molecule has 0 atom stereocenters. The second-order valence-electron chi connectivity index (χ2n) is 6.42. The minimum atomic E-state index is -0.319. The number of aromatic nitrogens is 1. The van der Waals surface area contributed by atoms with Crippen molar-refractivity contribution in [1.29, 1.82) is 0 Å². The summed E-state index contributed by atoms with van der Waals surface area (Å²) in [4.78, 5) is 31.5. The minimum Gasteiger partial charge on any atom is -0.383 e. The van der Waals surface area contributed by atoms with Crippen molar-refractivity contribution in [2.45, 2.75) is 26.3 Å². The number of ether oxygens (including phenoxy) is 1. The molecule has 1 aliphatic heterocycles. The van der Waals surface area contributed by atoms with Gasteiger partial charge in [0, 0.05) is 39.0 Å². The normalized spacial score (nSPS) is 18.5. The molecule has 0 aromatic carbocycles. The molecule has 1 aliphatic rings. The van der Waals surface area contributed by atoms with Gasteiger partial charge in [0.15, 0.2) is 0 Å². The number of hydrogen-bond acceptors (Lipinski definition) is 4. The van der Waals surface area contributed by atoms with Crippen molar-refractivity contribution >= 4 is 5.91 Å². The van der Waals surface area contributed by atoms with E-state index in [1.807, 2.05) is 13.8 Å². The lowest BCUT2D eigenvalue weighted by atomic mass is 9.97. The molecule has 1 amide bonds. The largest absolute Gasteiger partial charge is 0.383 e. The number of piperazine rings is 1. The van der Waals surface area contributed by atoms with Crippen LogP contribution in [0.2, 0.25) is 0 Å². The van der Waals surface area contributed by atoms with E-state index >= 15 is 0 Å². The fraction of sp³-hybridized carbons (Fsp3) is 0.625. The highest BCUT2D eigenvalue weighted by Crippen LogP contribution is 2.22. The first-order chi connectivity index (χ1) is 10.3. The van der Waals surface area contributed by atoms with Crippen LogP contribution >= 0.6 is 0 Å². The fourth-order valence-electron chi connectivity index (χ4n) is 2.93. The van der Waals surface area contributed by atoms with Gasteiger partial charge in [-0.05, 0) is 32.9 Å². The van der Waals surface area contributed by atoms with Crippen LogP contribution in [0.4, 0.5) is 0 Å². The first-order valence-corrected chi connectivity index (χ1v) is 7.58. The van der Waals surface area contributed by atoms with Gasteiger partial charge >= 0.3 is 0 Å². The van der Waals surface area contributed by atoms with Gasteiger partial charge in [-0.1, -0.05) is 0 Å². The second kappa shape index (κ2) is 6.62. The average Bonchev–Trinajstić information content (AvgIpc) is 2.43. The van der Waals surface area contributed by atoms with Crippen LogP contribution in [-0.4, -0.2) is 66.1 Å². The van der Waals surface area contributed by atoms with Gasteiger partial charge in [0.25, 0.3) is 11.5 Å². The molecule has 1 fully saturated rings. The lowest BCUT2D eigenvalue weighted by molar-refractivity contribution is 0.0117. The minimum absolute atomic E-state index is 0.197. The molecule has 1 saturated heterocycles. The van der Waals surface area contributed by atoms with Gasteiger partial charge in [0.1, 0.15) is 5.56 Å². The molecule has 22 heavy (non-hydrogen) atoms. The quantitative estimate of drug-likeness (QED) is 0.896. The van der Waals surface area contributed by atoms with Gasteiger partial charge in [-0.2, -0.15) is 0 Å². The standard InChI is InChI=1S/C16H25N3O3/c1-12-5-6-13(14(20)17-12)15(21)19-8-7-18(9-10-22-4)11-16(19,2)3/h5-6H,7-11H2,1-4H3,(H,17,20). The Morgan fingerprint density at radius 3 is 2.68 bits per heavy atom. The van der Waals surface area contributed by atoms with E-state index in [1.54, 1.807) is 31.1 Å². The third-order valence-electron chi connectivity index (χ3n) is 4.12. The predicted molar refractivity (Wildman–Crippen MR) is 85.2 cm³/mol. The molecule has 1 aromatic heterocycles. The topological polar surface area (TPSA) is 65.6 Å². The SMILES string of the molecule is COCCN1CCN(C(=O)c2ccc(C)[nH]c2=O)C(C)(C)C1. The molecule has 0 radical (unpaired) electrons. The summed E-state index contributed by atoms with van der Waals surface area (Å²) in [5, 5.41) is 0. The number of rotatable bonds is 4. The highest BCUT2D eigenvalue weighted by Gasteiger charge is 2.37. The summed E-state index contributed by atoms with van der Waals surface area (Å²) in [5.74, 6) is -0.197. The van der Waals surface area contributed by atoms with Gasteiger partial charge in [-0.15, -0.1) is 0 Å². The number of aromatic amines is 1. The van der Waals surface area contributed by atoms with E-state index in [4.69, 9.17) is 4.74 Å². The number of pyridine rings is 1. The lowest BCUT2D eigenvalue weighted by Crippen LogP contribution is -2.61. The number of carbonyl (C=O) groups excluding carboxylic acids is 1. The van der Waals surface area contributed by atoms with Crippen molar-refractivity contribution in [3.63, 3.8) is 0 Å². The molecule has 6 heteroatoms. The summed E-state index contributed by atoms with van der Waals surface area (Å²) in [7, 11) is 1.69. The molecular formula is C16H25N3O3. The first-order valence-electron chi connectivity index (χ1n) is 7.58. The number of H-pyrrole nitrogens is 1. The Balaban J connectivity index is 2.15. The number of hydrogen-bond donors (Lipinski definition) is 1. The maximum absolute atomic E-state index is 12.7. The van der Waals surface area contributed by atoms with Crippen LogP contribution in [0, 0.1) is 6.92 Å². The number of carbonyl (C=O) groups is 1. The Hall–Kier alpha value is -1.66. The van der Waals surface area contributed by atoms with Crippen LogP contribution < -0.4 is 5.56 Å². The van der Waals surface area contributed by atoms with Crippen molar-refractivity contribution in [3.8, 4) is 0 Å². The van der Waals surface area contributed by atoms with E-state index in [9.17, 15) is 9.59 Å². The van der Waals surface area contributed by atoms with E-state index in [-0.39, 0.29) is 22.6 Å². The first kappa shape index (κ1) is 16.7. The number of aryl methyl sites for hydroxylation is 1. The molecule has 0 aliphatic carbocycles. The number of amides is 1. The number of nitrogens with zero attached hydrogens (tertiary/aromatic N) is 2. The molecule has 0 spiro atoms. The van der Waals surface area contributed by atoms with E-state index in [0.717, 1.165) is 25.3 Å². The van der Waals surface area contributed by atoms with Crippen molar-refractivity contribution in [3.05, 3.63) is 33.7 Å². The molecule has 1 aromatic rings. The van der Waals surface area contributed by atoms with E-state index < -0.39 is 0 Å². The summed E-state index contributed by atoms with van der Waals surface area (Å²) in [6, 6.07) is 3.38. The Kier molecular flexibility index (Phi) is 5.03. The smallest absolute Gasteiger partial charge is 0.260 e. The lowest BCUT2D eigenvalue weighted by Gasteiger charge is -2.47. The van der Waals surface area contributed by atoms with Gasteiger partial charge < -0.3 is 14.6 Å². The molecule has 2 heterocycles. The summed E-state index contributed by atoms with van der Waals surface area (Å²) < 4.78 is 5.12. The molecule has 6 nitrogen and oxygen atoms in total. The zero-order valence-electron chi connectivity index (χ0n) is 13.8. The van der Waals surface area contributed by atoms with Crippen molar-refractivity contribution in [2.75, 3.05) is 39.9 Å². The fourth-order valence-corrected chi connectivity index (χ4v) is 2.93. The molecule has 0 unspecified atom stereocenters. The molecule has 0 saturated carbocycles.